The first-order chi connectivity index (χ1) is 14.7. The number of rotatable bonds is 6. The van der Waals surface area contributed by atoms with E-state index in [1.807, 2.05) is 71.1 Å². The maximum Gasteiger partial charge on any atom is 0.274 e. The van der Waals surface area contributed by atoms with E-state index in [1.54, 1.807) is 6.07 Å². The Bertz CT molecular complexity index is 955. The zero-order chi connectivity index (χ0) is 20.8. The summed E-state index contributed by atoms with van der Waals surface area (Å²) in [5, 5.41) is 4.83. The Balaban J connectivity index is 1.44. The summed E-state index contributed by atoms with van der Waals surface area (Å²) in [5.41, 5.74) is 1.03. The third-order valence-electron chi connectivity index (χ3n) is 5.26. The van der Waals surface area contributed by atoms with Crippen molar-refractivity contribution in [2.24, 2.45) is 0 Å². The molecule has 7 heteroatoms. The Morgan fingerprint density at radius 2 is 1.73 bits per heavy atom. The maximum absolute atomic E-state index is 13.3. The number of benzene rings is 1. The van der Waals surface area contributed by atoms with Crippen molar-refractivity contribution in [3.63, 3.8) is 0 Å². The first kappa shape index (κ1) is 20.1. The molecule has 0 radical (unpaired) electrons. The van der Waals surface area contributed by atoms with Crippen LogP contribution >= 0.6 is 11.3 Å². The molecule has 2 aromatic heterocycles. The second-order valence-corrected chi connectivity index (χ2v) is 8.20. The molecular weight excluding hydrogens is 396 g/mol. The van der Waals surface area contributed by atoms with Gasteiger partial charge in [-0.15, -0.1) is 11.3 Å². The molecule has 154 valence electrons. The summed E-state index contributed by atoms with van der Waals surface area (Å²) in [6.07, 6.45) is 2.38. The van der Waals surface area contributed by atoms with E-state index >= 15 is 0 Å². The molecule has 1 aliphatic heterocycles. The number of hydrogen-bond acceptors (Lipinski definition) is 4. The zero-order valence-electron chi connectivity index (χ0n) is 16.7. The van der Waals surface area contributed by atoms with Crippen LogP contribution in [0.25, 0.3) is 0 Å². The van der Waals surface area contributed by atoms with Gasteiger partial charge in [-0.3, -0.25) is 14.5 Å². The zero-order valence-corrected chi connectivity index (χ0v) is 17.5. The van der Waals surface area contributed by atoms with Crippen molar-refractivity contribution in [2.75, 3.05) is 31.1 Å². The predicted molar refractivity (Wildman–Crippen MR) is 118 cm³/mol. The molecule has 0 saturated carbocycles. The normalized spacial score (nSPS) is 14.9. The molecule has 2 amide bonds. The number of pyridine rings is 1. The van der Waals surface area contributed by atoms with Crippen LogP contribution in [0.1, 0.15) is 15.2 Å². The fourth-order valence-corrected chi connectivity index (χ4v) is 4.28. The number of hydrogen-bond donors (Lipinski definition) is 1. The van der Waals surface area contributed by atoms with Crippen LogP contribution in [0.4, 0.5) is 5.82 Å². The molecule has 1 fully saturated rings. The summed E-state index contributed by atoms with van der Waals surface area (Å²) >= 11 is 1.38. The monoisotopic (exact) mass is 421 g/mol. The highest BCUT2D eigenvalue weighted by Gasteiger charge is 2.31. The second kappa shape index (κ2) is 9.54. The van der Waals surface area contributed by atoms with Gasteiger partial charge in [-0.05, 0) is 23.1 Å². The number of thiophene rings is 1. The standard InChI is InChI=1S/C23H24N4O2S/c28-22(20-9-6-16-30-20)25-19(17-18-7-2-1-3-8-18)23(29)27-14-12-26(13-15-27)21-10-4-5-11-24-21/h1-11,16,19H,12-15,17H2,(H,25,28)/p+1/t19-/m1/s1. The summed E-state index contributed by atoms with van der Waals surface area (Å²) in [5.74, 6) is 0.827. The largest absolute Gasteiger partial charge is 0.339 e. The molecule has 30 heavy (non-hydrogen) atoms. The maximum atomic E-state index is 13.3. The number of carbonyl (C=O) groups is 2. The SMILES string of the molecule is O=C(N[C@H](Cc1ccccc1)C(=O)N1CCN(c2cccc[nH+]2)CC1)c1cccs1. The van der Waals surface area contributed by atoms with Crippen LogP contribution in [0.2, 0.25) is 0 Å². The molecule has 4 rings (SSSR count). The van der Waals surface area contributed by atoms with E-state index in [0.29, 0.717) is 24.4 Å². The number of nitrogens with one attached hydrogen (secondary N) is 2. The van der Waals surface area contributed by atoms with Crippen LogP contribution < -0.4 is 15.2 Å². The molecule has 1 aromatic carbocycles. The van der Waals surface area contributed by atoms with E-state index in [9.17, 15) is 9.59 Å². The van der Waals surface area contributed by atoms with Gasteiger partial charge in [0.25, 0.3) is 11.7 Å². The lowest BCUT2D eigenvalue weighted by atomic mass is 10.0. The molecule has 3 aromatic rings. The van der Waals surface area contributed by atoms with E-state index in [0.717, 1.165) is 24.5 Å². The van der Waals surface area contributed by atoms with E-state index in [2.05, 4.69) is 15.2 Å². The van der Waals surface area contributed by atoms with Crippen molar-refractivity contribution in [2.45, 2.75) is 12.5 Å². The van der Waals surface area contributed by atoms with Gasteiger partial charge in [0.15, 0.2) is 0 Å². The van der Waals surface area contributed by atoms with Crippen molar-refractivity contribution in [1.82, 2.24) is 10.2 Å². The molecule has 0 spiro atoms. The first-order valence-electron chi connectivity index (χ1n) is 10.1. The van der Waals surface area contributed by atoms with Crippen LogP contribution in [0, 0.1) is 0 Å². The number of amides is 2. The summed E-state index contributed by atoms with van der Waals surface area (Å²) in [6, 6.07) is 18.8. The van der Waals surface area contributed by atoms with Gasteiger partial charge in [-0.25, -0.2) is 4.98 Å². The minimum Gasteiger partial charge on any atom is -0.339 e. The van der Waals surface area contributed by atoms with Gasteiger partial charge in [0, 0.05) is 12.5 Å². The number of carbonyl (C=O) groups excluding carboxylic acids is 2. The number of anilines is 1. The Morgan fingerprint density at radius 1 is 0.967 bits per heavy atom. The lowest BCUT2D eigenvalue weighted by molar-refractivity contribution is -0.364. The van der Waals surface area contributed by atoms with Gasteiger partial charge in [-0.1, -0.05) is 42.5 Å². The first-order valence-corrected chi connectivity index (χ1v) is 11.0. The van der Waals surface area contributed by atoms with Crippen LogP contribution in [-0.4, -0.2) is 48.9 Å². The second-order valence-electron chi connectivity index (χ2n) is 7.25. The van der Waals surface area contributed by atoms with Gasteiger partial charge >= 0.3 is 0 Å². The Labute approximate surface area is 180 Å². The number of aromatic amines is 1. The molecule has 1 aliphatic rings. The molecule has 6 nitrogen and oxygen atoms in total. The number of piperazine rings is 1. The molecule has 0 bridgehead atoms. The topological polar surface area (TPSA) is 66.8 Å². The third kappa shape index (κ3) is 4.86. The molecule has 2 N–H and O–H groups in total. The van der Waals surface area contributed by atoms with Crippen molar-refractivity contribution < 1.29 is 14.6 Å². The number of nitrogens with zero attached hydrogens (tertiary/aromatic N) is 2. The van der Waals surface area contributed by atoms with Crippen molar-refractivity contribution in [3.8, 4) is 0 Å². The van der Waals surface area contributed by atoms with Crippen molar-refractivity contribution >= 4 is 29.0 Å². The van der Waals surface area contributed by atoms with Crippen LogP contribution in [-0.2, 0) is 11.2 Å². The van der Waals surface area contributed by atoms with Gasteiger partial charge in [0.1, 0.15) is 19.1 Å². The Hall–Kier alpha value is -3.19. The summed E-state index contributed by atoms with van der Waals surface area (Å²) in [6.45, 7) is 2.76. The number of aromatic nitrogens is 1. The van der Waals surface area contributed by atoms with Gasteiger partial charge in [-0.2, -0.15) is 0 Å². The lowest BCUT2D eigenvalue weighted by Gasteiger charge is -2.33. The molecular formula is C23H25N4O2S+. The van der Waals surface area contributed by atoms with Crippen molar-refractivity contribution in [1.29, 1.82) is 0 Å². The van der Waals surface area contributed by atoms with E-state index < -0.39 is 6.04 Å². The highest BCUT2D eigenvalue weighted by atomic mass is 32.1. The Morgan fingerprint density at radius 3 is 2.40 bits per heavy atom. The van der Waals surface area contributed by atoms with E-state index in [4.69, 9.17) is 0 Å². The van der Waals surface area contributed by atoms with Crippen LogP contribution in [0.15, 0.2) is 72.2 Å². The van der Waals surface area contributed by atoms with Crippen LogP contribution in [0.3, 0.4) is 0 Å². The Kier molecular flexibility index (Phi) is 6.39. The highest BCUT2D eigenvalue weighted by molar-refractivity contribution is 7.12. The molecule has 3 heterocycles. The fourth-order valence-electron chi connectivity index (χ4n) is 3.66. The smallest absolute Gasteiger partial charge is 0.274 e. The predicted octanol–water partition coefficient (Wildman–Crippen LogP) is 2.25. The van der Waals surface area contributed by atoms with Gasteiger partial charge in [0.2, 0.25) is 5.91 Å². The summed E-state index contributed by atoms with van der Waals surface area (Å²) < 4.78 is 0. The third-order valence-corrected chi connectivity index (χ3v) is 6.12. The van der Waals surface area contributed by atoms with Gasteiger partial charge < -0.3 is 10.2 Å². The molecule has 0 unspecified atom stereocenters. The van der Waals surface area contributed by atoms with E-state index in [-0.39, 0.29) is 11.8 Å². The summed E-state index contributed by atoms with van der Waals surface area (Å²) in [7, 11) is 0. The average molecular weight is 422 g/mol. The van der Waals surface area contributed by atoms with E-state index in [1.165, 1.54) is 11.3 Å². The fraction of sp³-hybridized carbons (Fsp3) is 0.261. The average Bonchev–Trinajstić information content (AvgIpc) is 3.35. The minimum atomic E-state index is -0.586. The summed E-state index contributed by atoms with van der Waals surface area (Å²) in [4.78, 5) is 33.9. The molecule has 0 aliphatic carbocycles. The molecule has 1 atom stereocenters. The molecule has 1 saturated heterocycles. The minimum absolute atomic E-state index is 0.0274. The lowest BCUT2D eigenvalue weighted by Crippen LogP contribution is -2.56. The quantitative estimate of drug-likeness (QED) is 0.664. The van der Waals surface area contributed by atoms with Gasteiger partial charge in [0.05, 0.1) is 24.2 Å². The van der Waals surface area contributed by atoms with Crippen LogP contribution in [0.5, 0.6) is 0 Å². The number of H-pyrrole nitrogens is 1. The van der Waals surface area contributed by atoms with Crippen molar-refractivity contribution in [3.05, 3.63) is 82.7 Å². The highest BCUT2D eigenvalue weighted by Crippen LogP contribution is 2.14.